The largest absolute Gasteiger partial charge is 0.493 e. The zero-order valence-corrected chi connectivity index (χ0v) is 13.1. The highest BCUT2D eigenvalue weighted by Crippen LogP contribution is 2.44. The highest BCUT2D eigenvalue weighted by molar-refractivity contribution is 5.86. The fourth-order valence-corrected chi connectivity index (χ4v) is 3.18. The molecule has 0 aliphatic carbocycles. The van der Waals surface area contributed by atoms with E-state index in [2.05, 4.69) is 49.2 Å². The van der Waals surface area contributed by atoms with Crippen molar-refractivity contribution in [1.29, 1.82) is 0 Å². The molecule has 3 heteroatoms. The Morgan fingerprint density at radius 1 is 1.05 bits per heavy atom. The van der Waals surface area contributed by atoms with Gasteiger partial charge in [0, 0.05) is 24.8 Å². The zero-order chi connectivity index (χ0) is 15.0. The lowest BCUT2D eigenvalue weighted by Crippen LogP contribution is -2.23. The summed E-state index contributed by atoms with van der Waals surface area (Å²) in [5, 5.41) is 0. The van der Waals surface area contributed by atoms with E-state index in [0.717, 1.165) is 24.5 Å². The first-order valence-corrected chi connectivity index (χ1v) is 7.27. The molecule has 0 aromatic heterocycles. The quantitative estimate of drug-likeness (QED) is 0.853. The Balaban J connectivity index is 2.25. The van der Waals surface area contributed by atoms with Crippen LogP contribution in [0.5, 0.6) is 11.5 Å². The highest BCUT2D eigenvalue weighted by Gasteiger charge is 2.23. The van der Waals surface area contributed by atoms with Gasteiger partial charge in [0.05, 0.1) is 14.2 Å². The summed E-state index contributed by atoms with van der Waals surface area (Å²) in [6.07, 6.45) is 1.04. The van der Waals surface area contributed by atoms with E-state index in [0.29, 0.717) is 0 Å². The van der Waals surface area contributed by atoms with E-state index in [1.165, 1.54) is 27.9 Å². The number of rotatable bonds is 3. The first-order valence-electron chi connectivity index (χ1n) is 7.27. The van der Waals surface area contributed by atoms with Crippen LogP contribution in [0.25, 0.3) is 11.1 Å². The van der Waals surface area contributed by atoms with Gasteiger partial charge >= 0.3 is 0 Å². The molecule has 0 amide bonds. The molecule has 1 aliphatic rings. The van der Waals surface area contributed by atoms with Crippen molar-refractivity contribution >= 4 is 5.69 Å². The normalized spacial score (nSPS) is 12.7. The number of hydrogen-bond acceptors (Lipinski definition) is 3. The zero-order valence-electron chi connectivity index (χ0n) is 13.1. The number of aryl methyl sites for hydroxylation is 1. The van der Waals surface area contributed by atoms with Gasteiger partial charge in [0.15, 0.2) is 11.5 Å². The predicted molar refractivity (Wildman–Crippen MR) is 86.5 cm³/mol. The number of para-hydroxylation sites is 1. The molecule has 0 radical (unpaired) electrons. The molecule has 0 N–H and O–H groups in total. The van der Waals surface area contributed by atoms with Crippen molar-refractivity contribution in [2.24, 2.45) is 0 Å². The Morgan fingerprint density at radius 3 is 2.43 bits per heavy atom. The van der Waals surface area contributed by atoms with E-state index in [9.17, 15) is 0 Å². The van der Waals surface area contributed by atoms with Crippen LogP contribution in [-0.4, -0.2) is 21.3 Å². The first-order chi connectivity index (χ1) is 10.2. The molecule has 0 saturated heterocycles. The molecule has 0 bridgehead atoms. The van der Waals surface area contributed by atoms with Crippen LogP contribution in [0, 0.1) is 0 Å². The fraction of sp³-hybridized carbons (Fsp3) is 0.333. The number of nitrogens with zero attached hydrogens (tertiary/aromatic N) is 1. The van der Waals surface area contributed by atoms with Crippen molar-refractivity contribution in [3.8, 4) is 22.6 Å². The predicted octanol–water partition coefficient (Wildman–Crippen LogP) is 3.88. The van der Waals surface area contributed by atoms with Gasteiger partial charge < -0.3 is 14.4 Å². The van der Waals surface area contributed by atoms with Crippen LogP contribution in [0.15, 0.2) is 30.3 Å². The molecular formula is C18H21NO2. The molecule has 21 heavy (non-hydrogen) atoms. The van der Waals surface area contributed by atoms with Crippen molar-refractivity contribution in [3.63, 3.8) is 0 Å². The number of methoxy groups -OCH3 is 2. The van der Waals surface area contributed by atoms with Gasteiger partial charge in [-0.1, -0.05) is 25.1 Å². The van der Waals surface area contributed by atoms with E-state index in [1.54, 1.807) is 14.2 Å². The number of anilines is 1. The molecule has 0 atom stereocenters. The average Bonchev–Trinajstić information content (AvgIpc) is 2.53. The van der Waals surface area contributed by atoms with Gasteiger partial charge in [-0.2, -0.15) is 0 Å². The minimum absolute atomic E-state index is 0.786. The smallest absolute Gasteiger partial charge is 0.161 e. The molecule has 110 valence electrons. The van der Waals surface area contributed by atoms with Gasteiger partial charge in [0.2, 0.25) is 0 Å². The van der Waals surface area contributed by atoms with Gasteiger partial charge in [0.25, 0.3) is 0 Å². The fourth-order valence-electron chi connectivity index (χ4n) is 3.18. The minimum atomic E-state index is 0.786. The van der Waals surface area contributed by atoms with Crippen molar-refractivity contribution in [3.05, 3.63) is 41.5 Å². The number of benzene rings is 2. The number of fused-ring (bicyclic) bond motifs is 3. The van der Waals surface area contributed by atoms with Gasteiger partial charge in [-0.3, -0.25) is 0 Å². The third-order valence-electron chi connectivity index (χ3n) is 4.19. The Labute approximate surface area is 126 Å². The third kappa shape index (κ3) is 2.13. The van der Waals surface area contributed by atoms with Crippen LogP contribution < -0.4 is 14.4 Å². The third-order valence-corrected chi connectivity index (χ3v) is 4.19. The van der Waals surface area contributed by atoms with Crippen LogP contribution in [0.1, 0.15) is 18.1 Å². The van der Waals surface area contributed by atoms with Gasteiger partial charge in [-0.25, -0.2) is 0 Å². The SMILES string of the molecule is CCc1cccc2c1N(C)Cc1cc(OC)c(OC)cc1-2. The van der Waals surface area contributed by atoms with E-state index >= 15 is 0 Å². The summed E-state index contributed by atoms with van der Waals surface area (Å²) in [5.41, 5.74) is 6.51. The topological polar surface area (TPSA) is 21.7 Å². The van der Waals surface area contributed by atoms with Crippen molar-refractivity contribution < 1.29 is 9.47 Å². The van der Waals surface area contributed by atoms with Crippen LogP contribution in [0.2, 0.25) is 0 Å². The minimum Gasteiger partial charge on any atom is -0.493 e. The Bertz CT molecular complexity index is 679. The summed E-state index contributed by atoms with van der Waals surface area (Å²) in [5.74, 6) is 1.58. The molecule has 1 heterocycles. The molecule has 3 nitrogen and oxygen atoms in total. The van der Waals surface area contributed by atoms with Gasteiger partial charge in [0.1, 0.15) is 0 Å². The van der Waals surface area contributed by atoms with E-state index in [1.807, 2.05) is 0 Å². The summed E-state index contributed by atoms with van der Waals surface area (Å²) in [7, 11) is 5.51. The lowest BCUT2D eigenvalue weighted by Gasteiger charge is -2.32. The van der Waals surface area contributed by atoms with Crippen LogP contribution in [0.3, 0.4) is 0 Å². The summed E-state index contributed by atoms with van der Waals surface area (Å²) in [6, 6.07) is 10.7. The standard InChI is InChI=1S/C18H21NO2/c1-5-12-7-6-8-14-15-10-17(21-4)16(20-3)9-13(15)11-19(2)18(12)14/h6-10H,5,11H2,1-4H3. The summed E-state index contributed by atoms with van der Waals surface area (Å²) in [6.45, 7) is 3.09. The van der Waals surface area contributed by atoms with Crippen molar-refractivity contribution in [2.45, 2.75) is 19.9 Å². The van der Waals surface area contributed by atoms with Gasteiger partial charge in [-0.05, 0) is 35.2 Å². The lowest BCUT2D eigenvalue weighted by molar-refractivity contribution is 0.354. The lowest BCUT2D eigenvalue weighted by atomic mass is 9.90. The Kier molecular flexibility index (Phi) is 3.50. The molecule has 0 spiro atoms. The van der Waals surface area contributed by atoms with Crippen molar-refractivity contribution in [2.75, 3.05) is 26.2 Å². The summed E-state index contributed by atoms with van der Waals surface area (Å²) < 4.78 is 10.9. The second-order valence-electron chi connectivity index (χ2n) is 5.39. The Hall–Kier alpha value is -2.16. The summed E-state index contributed by atoms with van der Waals surface area (Å²) in [4.78, 5) is 2.32. The molecule has 2 aromatic rings. The first kappa shape index (κ1) is 13.8. The maximum atomic E-state index is 5.46. The van der Waals surface area contributed by atoms with Crippen LogP contribution in [0.4, 0.5) is 5.69 Å². The van der Waals surface area contributed by atoms with Crippen LogP contribution >= 0.6 is 0 Å². The van der Waals surface area contributed by atoms with Gasteiger partial charge in [-0.15, -0.1) is 0 Å². The number of hydrogen-bond donors (Lipinski definition) is 0. The molecule has 0 saturated carbocycles. The monoisotopic (exact) mass is 283 g/mol. The molecule has 2 aromatic carbocycles. The second-order valence-corrected chi connectivity index (χ2v) is 5.39. The maximum Gasteiger partial charge on any atom is 0.161 e. The summed E-state index contributed by atoms with van der Waals surface area (Å²) >= 11 is 0. The van der Waals surface area contributed by atoms with Crippen LogP contribution in [-0.2, 0) is 13.0 Å². The number of ether oxygens (including phenoxy) is 2. The molecular weight excluding hydrogens is 262 g/mol. The van der Waals surface area contributed by atoms with E-state index in [4.69, 9.17) is 9.47 Å². The van der Waals surface area contributed by atoms with Crippen molar-refractivity contribution in [1.82, 2.24) is 0 Å². The van der Waals surface area contributed by atoms with E-state index in [-0.39, 0.29) is 0 Å². The van der Waals surface area contributed by atoms with E-state index < -0.39 is 0 Å². The second kappa shape index (κ2) is 5.32. The molecule has 0 unspecified atom stereocenters. The average molecular weight is 283 g/mol. The Morgan fingerprint density at radius 2 is 1.76 bits per heavy atom. The maximum absolute atomic E-state index is 5.46. The molecule has 3 rings (SSSR count). The molecule has 1 aliphatic heterocycles. The molecule has 0 fully saturated rings. The highest BCUT2D eigenvalue weighted by atomic mass is 16.5.